The van der Waals surface area contributed by atoms with Gasteiger partial charge in [-0.3, -0.25) is 9.69 Å². The van der Waals surface area contributed by atoms with Crippen molar-refractivity contribution in [2.75, 3.05) is 20.2 Å². The summed E-state index contributed by atoms with van der Waals surface area (Å²) in [7, 11) is 1.56. The molecule has 0 aromatic heterocycles. The van der Waals surface area contributed by atoms with Crippen LogP contribution in [0.5, 0.6) is 11.5 Å². The normalized spacial score (nSPS) is 11.3. The molecule has 4 nitrogen and oxygen atoms in total. The van der Waals surface area contributed by atoms with Crippen molar-refractivity contribution in [2.45, 2.75) is 20.4 Å². The summed E-state index contributed by atoms with van der Waals surface area (Å²) in [5.41, 5.74) is 1.75. The second-order valence-electron chi connectivity index (χ2n) is 5.85. The average molecular weight is 374 g/mol. The zero-order valence-electron chi connectivity index (χ0n) is 15.3. The number of hydrogen-bond donors (Lipinski definition) is 1. The number of nitrogens with zero attached hydrogens (tertiary/aromatic N) is 1. The molecule has 5 heteroatoms. The summed E-state index contributed by atoms with van der Waals surface area (Å²) in [6.07, 6.45) is 3.15. The summed E-state index contributed by atoms with van der Waals surface area (Å²) in [5, 5.41) is 11.3. The minimum absolute atomic E-state index is 0.0259. The second-order valence-corrected chi connectivity index (χ2v) is 6.29. The Morgan fingerprint density at radius 3 is 2.38 bits per heavy atom. The molecular weight excluding hydrogens is 350 g/mol. The molecule has 0 radical (unpaired) electrons. The number of carbonyl (C=O) groups is 1. The van der Waals surface area contributed by atoms with Crippen LogP contribution in [0.4, 0.5) is 0 Å². The van der Waals surface area contributed by atoms with Crippen LogP contribution in [0.1, 0.15) is 35.3 Å². The van der Waals surface area contributed by atoms with E-state index in [1.54, 1.807) is 37.5 Å². The van der Waals surface area contributed by atoms with Crippen LogP contribution < -0.4 is 4.74 Å². The maximum absolute atomic E-state index is 12.6. The lowest BCUT2D eigenvalue weighted by atomic mass is 10.0. The minimum atomic E-state index is -0.263. The number of halogens is 1. The highest BCUT2D eigenvalue weighted by molar-refractivity contribution is 6.30. The number of carbonyl (C=O) groups excluding carboxylic acids is 1. The predicted octanol–water partition coefficient (Wildman–Crippen LogP) is 4.79. The molecule has 0 aliphatic heterocycles. The van der Waals surface area contributed by atoms with Gasteiger partial charge in [0.2, 0.25) is 0 Å². The average Bonchev–Trinajstić information content (AvgIpc) is 2.66. The summed E-state index contributed by atoms with van der Waals surface area (Å²) >= 11 is 5.86. The van der Waals surface area contributed by atoms with E-state index in [0.29, 0.717) is 22.9 Å². The molecule has 0 unspecified atom stereocenters. The molecule has 138 valence electrons. The first-order valence-corrected chi connectivity index (χ1v) is 8.97. The third-order valence-electron chi connectivity index (χ3n) is 4.30. The molecule has 2 rings (SSSR count). The lowest BCUT2D eigenvalue weighted by Crippen LogP contribution is -2.22. The number of ether oxygens (including phenoxy) is 1. The lowest BCUT2D eigenvalue weighted by Gasteiger charge is -2.21. The Labute approximate surface area is 159 Å². The Morgan fingerprint density at radius 1 is 1.15 bits per heavy atom. The molecule has 0 saturated heterocycles. The van der Waals surface area contributed by atoms with Crippen LogP contribution in [-0.2, 0) is 6.54 Å². The SMILES string of the molecule is CCN(CC)Cc1c(OC)ccc(C(=O)/C=C/c2ccc(Cl)cc2)c1O. The minimum Gasteiger partial charge on any atom is -0.507 e. The van der Waals surface area contributed by atoms with Crippen molar-refractivity contribution in [2.24, 2.45) is 0 Å². The Bertz CT molecular complexity index is 781. The summed E-state index contributed by atoms with van der Waals surface area (Å²) < 4.78 is 5.36. The summed E-state index contributed by atoms with van der Waals surface area (Å²) in [6, 6.07) is 10.5. The highest BCUT2D eigenvalue weighted by Crippen LogP contribution is 2.33. The Kier molecular flexibility index (Phi) is 7.25. The fraction of sp³-hybridized carbons (Fsp3) is 0.286. The summed E-state index contributed by atoms with van der Waals surface area (Å²) in [4.78, 5) is 14.7. The number of benzene rings is 2. The van der Waals surface area contributed by atoms with E-state index in [1.165, 1.54) is 6.08 Å². The fourth-order valence-corrected chi connectivity index (χ4v) is 2.79. The first-order chi connectivity index (χ1) is 12.5. The molecule has 0 amide bonds. The van der Waals surface area contributed by atoms with Gasteiger partial charge in [-0.2, -0.15) is 0 Å². The van der Waals surface area contributed by atoms with Gasteiger partial charge in [0.1, 0.15) is 11.5 Å². The van der Waals surface area contributed by atoms with Gasteiger partial charge in [-0.1, -0.05) is 43.7 Å². The highest BCUT2D eigenvalue weighted by atomic mass is 35.5. The number of phenols is 1. The number of phenolic OH excluding ortho intramolecular Hbond substituents is 1. The molecule has 0 aliphatic rings. The molecule has 26 heavy (non-hydrogen) atoms. The van der Waals surface area contributed by atoms with Crippen molar-refractivity contribution >= 4 is 23.5 Å². The van der Waals surface area contributed by atoms with Gasteiger partial charge >= 0.3 is 0 Å². The molecule has 2 aromatic rings. The van der Waals surface area contributed by atoms with Gasteiger partial charge in [-0.15, -0.1) is 0 Å². The molecular formula is C21H24ClNO3. The third-order valence-corrected chi connectivity index (χ3v) is 4.55. The smallest absolute Gasteiger partial charge is 0.189 e. The molecule has 0 spiro atoms. The number of rotatable bonds is 8. The molecule has 1 N–H and O–H groups in total. The zero-order valence-corrected chi connectivity index (χ0v) is 16.1. The highest BCUT2D eigenvalue weighted by Gasteiger charge is 2.18. The van der Waals surface area contributed by atoms with E-state index in [2.05, 4.69) is 18.7 Å². The van der Waals surface area contributed by atoms with E-state index in [1.807, 2.05) is 12.1 Å². The maximum atomic E-state index is 12.6. The van der Waals surface area contributed by atoms with Gasteiger partial charge in [0.25, 0.3) is 0 Å². The molecule has 2 aromatic carbocycles. The van der Waals surface area contributed by atoms with Crippen LogP contribution in [0.25, 0.3) is 6.08 Å². The fourth-order valence-electron chi connectivity index (χ4n) is 2.67. The van der Waals surface area contributed by atoms with E-state index < -0.39 is 0 Å². The van der Waals surface area contributed by atoms with Crippen molar-refractivity contribution in [3.63, 3.8) is 0 Å². The van der Waals surface area contributed by atoms with Crippen LogP contribution >= 0.6 is 11.6 Å². The quantitative estimate of drug-likeness (QED) is 0.533. The van der Waals surface area contributed by atoms with Crippen molar-refractivity contribution in [1.29, 1.82) is 0 Å². The molecule has 0 fully saturated rings. The number of aromatic hydroxyl groups is 1. The monoisotopic (exact) mass is 373 g/mol. The summed E-state index contributed by atoms with van der Waals surface area (Å²) in [6.45, 7) is 6.30. The predicted molar refractivity (Wildman–Crippen MR) is 106 cm³/mol. The van der Waals surface area contributed by atoms with Gasteiger partial charge in [0, 0.05) is 11.6 Å². The lowest BCUT2D eigenvalue weighted by molar-refractivity contribution is 0.104. The molecule has 0 heterocycles. The number of hydrogen-bond acceptors (Lipinski definition) is 4. The molecule has 0 saturated carbocycles. The zero-order chi connectivity index (χ0) is 19.1. The number of allylic oxidation sites excluding steroid dienone is 1. The van der Waals surface area contributed by atoms with E-state index in [4.69, 9.17) is 16.3 Å². The summed E-state index contributed by atoms with van der Waals surface area (Å²) in [5.74, 6) is 0.288. The van der Waals surface area contributed by atoms with Gasteiger partial charge < -0.3 is 9.84 Å². The third kappa shape index (κ3) is 4.87. The van der Waals surface area contributed by atoms with Crippen molar-refractivity contribution in [3.8, 4) is 11.5 Å². The van der Waals surface area contributed by atoms with Gasteiger partial charge in [-0.05, 0) is 49.0 Å². The molecule has 0 bridgehead atoms. The van der Waals surface area contributed by atoms with Crippen molar-refractivity contribution < 1.29 is 14.6 Å². The number of methoxy groups -OCH3 is 1. The Morgan fingerprint density at radius 2 is 1.81 bits per heavy atom. The van der Waals surface area contributed by atoms with E-state index in [-0.39, 0.29) is 17.1 Å². The standard InChI is InChI=1S/C21H24ClNO3/c1-4-23(5-2)14-18-20(26-3)13-11-17(21(18)25)19(24)12-8-15-6-9-16(22)10-7-15/h6-13,25H,4-5,14H2,1-3H3/b12-8+. The van der Waals surface area contributed by atoms with Crippen LogP contribution in [0.3, 0.4) is 0 Å². The largest absolute Gasteiger partial charge is 0.507 e. The van der Waals surface area contributed by atoms with Crippen LogP contribution in [-0.4, -0.2) is 36.0 Å². The molecule has 0 aliphatic carbocycles. The van der Waals surface area contributed by atoms with Crippen LogP contribution in [0.15, 0.2) is 42.5 Å². The number of ketones is 1. The second kappa shape index (κ2) is 9.41. The van der Waals surface area contributed by atoms with Gasteiger partial charge in [-0.25, -0.2) is 0 Å². The topological polar surface area (TPSA) is 49.8 Å². The maximum Gasteiger partial charge on any atom is 0.189 e. The van der Waals surface area contributed by atoms with Crippen molar-refractivity contribution in [3.05, 3.63) is 64.2 Å². The first-order valence-electron chi connectivity index (χ1n) is 8.59. The Hall–Kier alpha value is -2.30. The molecule has 0 atom stereocenters. The van der Waals surface area contributed by atoms with E-state index >= 15 is 0 Å². The Balaban J connectivity index is 2.30. The van der Waals surface area contributed by atoms with E-state index in [9.17, 15) is 9.90 Å². The van der Waals surface area contributed by atoms with Gasteiger partial charge in [0.05, 0.1) is 18.2 Å². The van der Waals surface area contributed by atoms with Crippen molar-refractivity contribution in [1.82, 2.24) is 4.90 Å². The van der Waals surface area contributed by atoms with Gasteiger partial charge in [0.15, 0.2) is 5.78 Å². The first kappa shape index (κ1) is 20.0. The van der Waals surface area contributed by atoms with Crippen LogP contribution in [0, 0.1) is 0 Å². The van der Waals surface area contributed by atoms with E-state index in [0.717, 1.165) is 18.7 Å². The van der Waals surface area contributed by atoms with Crippen LogP contribution in [0.2, 0.25) is 5.02 Å².